The largest absolute Gasteiger partial charge is 0.493 e. The van der Waals surface area contributed by atoms with Gasteiger partial charge in [-0.25, -0.2) is 0 Å². The van der Waals surface area contributed by atoms with Crippen LogP contribution in [0.15, 0.2) is 60.7 Å². The summed E-state index contributed by atoms with van der Waals surface area (Å²) in [7, 11) is 0. The Balaban J connectivity index is 1.65. The van der Waals surface area contributed by atoms with Crippen LogP contribution in [-0.2, 0) is 19.0 Å². The number of benzene rings is 3. The normalized spacial score (nSPS) is 12.3. The minimum absolute atomic E-state index is 0.155. The molecule has 7 heteroatoms. The maximum Gasteiger partial charge on any atom is 0.419 e. The Morgan fingerprint density at radius 3 is 2.31 bits per heavy atom. The molecule has 3 aromatic carbocycles. The van der Waals surface area contributed by atoms with Crippen molar-refractivity contribution in [2.75, 3.05) is 19.8 Å². The van der Waals surface area contributed by atoms with Crippen molar-refractivity contribution >= 4 is 10.8 Å². The standard InChI is InChI=1S/C25H28F3NO3/c26-25(27,28)22-15-18(12-13-24(29,16-30)17-31)10-11-23(22)32-14-4-8-20-7-3-6-19-5-1-2-9-21(19)20/h1-3,5-7,9-11,15,30-31H,4,8,12-14,16-17,29H2. The van der Waals surface area contributed by atoms with Crippen molar-refractivity contribution in [1.82, 2.24) is 0 Å². The second-order valence-corrected chi connectivity index (χ2v) is 8.10. The zero-order chi connectivity index (χ0) is 23.2. The average Bonchev–Trinajstić information content (AvgIpc) is 2.80. The molecule has 3 aromatic rings. The average molecular weight is 447 g/mol. The molecule has 4 N–H and O–H groups in total. The Bertz CT molecular complexity index is 1030. The van der Waals surface area contributed by atoms with Crippen LogP contribution in [0.3, 0.4) is 0 Å². The molecule has 0 saturated carbocycles. The molecule has 0 radical (unpaired) electrons. The topological polar surface area (TPSA) is 75.7 Å². The van der Waals surface area contributed by atoms with Crippen LogP contribution in [0.1, 0.15) is 29.5 Å². The van der Waals surface area contributed by atoms with E-state index in [-0.39, 0.29) is 25.2 Å². The second-order valence-electron chi connectivity index (χ2n) is 8.10. The van der Waals surface area contributed by atoms with E-state index in [2.05, 4.69) is 0 Å². The van der Waals surface area contributed by atoms with E-state index in [0.29, 0.717) is 18.4 Å². The van der Waals surface area contributed by atoms with Gasteiger partial charge in [0.25, 0.3) is 0 Å². The van der Waals surface area contributed by atoms with Gasteiger partial charge in [-0.15, -0.1) is 0 Å². The van der Waals surface area contributed by atoms with E-state index in [0.717, 1.165) is 22.4 Å². The van der Waals surface area contributed by atoms with Gasteiger partial charge in [0.15, 0.2) is 0 Å². The maximum absolute atomic E-state index is 13.6. The van der Waals surface area contributed by atoms with Crippen LogP contribution in [0.5, 0.6) is 5.75 Å². The summed E-state index contributed by atoms with van der Waals surface area (Å²) in [6, 6.07) is 18.0. The molecule has 0 bridgehead atoms. The molecule has 4 nitrogen and oxygen atoms in total. The van der Waals surface area contributed by atoms with E-state index in [9.17, 15) is 23.4 Å². The Kier molecular flexibility index (Phi) is 7.77. The molecule has 3 rings (SSSR count). The highest BCUT2D eigenvalue weighted by Gasteiger charge is 2.35. The lowest BCUT2D eigenvalue weighted by Gasteiger charge is -2.24. The number of nitrogens with two attached hydrogens (primary N) is 1. The Labute approximate surface area is 185 Å². The SMILES string of the molecule is NC(CO)(CO)CCc1ccc(OCCCc2cccc3ccccc23)c(C(F)(F)F)c1. The summed E-state index contributed by atoms with van der Waals surface area (Å²) >= 11 is 0. The molecular weight excluding hydrogens is 419 g/mol. The molecule has 0 spiro atoms. The molecule has 0 aliphatic carbocycles. The zero-order valence-electron chi connectivity index (χ0n) is 17.7. The summed E-state index contributed by atoms with van der Waals surface area (Å²) in [6.45, 7) is -0.742. The molecule has 0 amide bonds. The number of ether oxygens (including phenoxy) is 1. The van der Waals surface area contributed by atoms with Crippen molar-refractivity contribution < 1.29 is 28.1 Å². The van der Waals surface area contributed by atoms with E-state index in [1.54, 1.807) is 6.07 Å². The Morgan fingerprint density at radius 2 is 1.59 bits per heavy atom. The number of halogens is 3. The van der Waals surface area contributed by atoms with Gasteiger partial charge in [0.1, 0.15) is 5.75 Å². The van der Waals surface area contributed by atoms with Crippen molar-refractivity contribution in [2.45, 2.75) is 37.4 Å². The smallest absolute Gasteiger partial charge is 0.419 e. The number of fused-ring (bicyclic) bond motifs is 1. The number of hydrogen-bond donors (Lipinski definition) is 3. The predicted octanol–water partition coefficient (Wildman–Crippen LogP) is 4.48. The number of aryl methyl sites for hydroxylation is 2. The van der Waals surface area contributed by atoms with Crippen LogP contribution in [0.2, 0.25) is 0 Å². The van der Waals surface area contributed by atoms with E-state index in [1.807, 2.05) is 42.5 Å². The minimum Gasteiger partial charge on any atom is -0.493 e. The first-order valence-corrected chi connectivity index (χ1v) is 10.6. The monoisotopic (exact) mass is 447 g/mol. The first-order chi connectivity index (χ1) is 15.3. The van der Waals surface area contributed by atoms with Crippen molar-refractivity contribution in [2.24, 2.45) is 5.73 Å². The lowest BCUT2D eigenvalue weighted by atomic mass is 9.93. The highest BCUT2D eigenvalue weighted by Crippen LogP contribution is 2.37. The lowest BCUT2D eigenvalue weighted by molar-refractivity contribution is -0.139. The molecule has 32 heavy (non-hydrogen) atoms. The quantitative estimate of drug-likeness (QED) is 0.401. The van der Waals surface area contributed by atoms with Gasteiger partial charge < -0.3 is 20.7 Å². The number of aliphatic hydroxyl groups is 2. The minimum atomic E-state index is -4.56. The van der Waals surface area contributed by atoms with E-state index in [1.165, 1.54) is 6.07 Å². The van der Waals surface area contributed by atoms with Gasteiger partial charge in [0.05, 0.1) is 30.9 Å². The third-order valence-corrected chi connectivity index (χ3v) is 5.62. The fourth-order valence-electron chi connectivity index (χ4n) is 3.64. The fourth-order valence-corrected chi connectivity index (χ4v) is 3.64. The molecule has 0 fully saturated rings. The molecule has 0 saturated heterocycles. The molecular formula is C25H28F3NO3. The molecule has 0 aliphatic rings. The van der Waals surface area contributed by atoms with Gasteiger partial charge in [-0.3, -0.25) is 0 Å². The van der Waals surface area contributed by atoms with Gasteiger partial charge in [-0.1, -0.05) is 48.5 Å². The third kappa shape index (κ3) is 6.00. The molecule has 0 unspecified atom stereocenters. The number of alkyl halides is 3. The fraction of sp³-hybridized carbons (Fsp3) is 0.360. The van der Waals surface area contributed by atoms with Crippen molar-refractivity contribution in [1.29, 1.82) is 0 Å². The summed E-state index contributed by atoms with van der Waals surface area (Å²) in [5, 5.41) is 20.8. The van der Waals surface area contributed by atoms with Crippen LogP contribution < -0.4 is 10.5 Å². The van der Waals surface area contributed by atoms with Gasteiger partial charge in [-0.05, 0) is 59.7 Å². The van der Waals surface area contributed by atoms with E-state index < -0.39 is 30.5 Å². The second kappa shape index (κ2) is 10.3. The van der Waals surface area contributed by atoms with Crippen molar-refractivity contribution in [3.63, 3.8) is 0 Å². The number of rotatable bonds is 10. The molecule has 0 aliphatic heterocycles. The first-order valence-electron chi connectivity index (χ1n) is 10.6. The van der Waals surface area contributed by atoms with Crippen molar-refractivity contribution in [3.8, 4) is 5.75 Å². The third-order valence-electron chi connectivity index (χ3n) is 5.62. The number of hydrogen-bond acceptors (Lipinski definition) is 4. The molecule has 172 valence electrons. The van der Waals surface area contributed by atoms with E-state index >= 15 is 0 Å². The van der Waals surface area contributed by atoms with E-state index in [4.69, 9.17) is 10.5 Å². The van der Waals surface area contributed by atoms with Gasteiger partial charge in [-0.2, -0.15) is 13.2 Å². The lowest BCUT2D eigenvalue weighted by Crippen LogP contribution is -2.47. The zero-order valence-corrected chi connectivity index (χ0v) is 17.7. The van der Waals surface area contributed by atoms with Gasteiger partial charge in [0, 0.05) is 0 Å². The summed E-state index contributed by atoms with van der Waals surface area (Å²) in [5.41, 5.74) is 5.30. The first kappa shape index (κ1) is 24.0. The summed E-state index contributed by atoms with van der Waals surface area (Å²) in [6.07, 6.45) is -2.93. The molecule has 0 heterocycles. The van der Waals surface area contributed by atoms with Gasteiger partial charge in [0.2, 0.25) is 0 Å². The summed E-state index contributed by atoms with van der Waals surface area (Å²) in [4.78, 5) is 0. The maximum atomic E-state index is 13.6. The summed E-state index contributed by atoms with van der Waals surface area (Å²) < 4.78 is 46.3. The Hall–Kier alpha value is -2.61. The van der Waals surface area contributed by atoms with Crippen LogP contribution in [-0.4, -0.2) is 35.6 Å². The molecule has 0 atom stereocenters. The highest BCUT2D eigenvalue weighted by atomic mass is 19.4. The van der Waals surface area contributed by atoms with Gasteiger partial charge >= 0.3 is 6.18 Å². The van der Waals surface area contributed by atoms with Crippen LogP contribution in [0.25, 0.3) is 10.8 Å². The van der Waals surface area contributed by atoms with Crippen LogP contribution in [0.4, 0.5) is 13.2 Å². The summed E-state index contributed by atoms with van der Waals surface area (Å²) in [5.74, 6) is -0.206. The molecule has 0 aromatic heterocycles. The Morgan fingerprint density at radius 1 is 0.875 bits per heavy atom. The van der Waals surface area contributed by atoms with Crippen LogP contribution >= 0.6 is 0 Å². The predicted molar refractivity (Wildman–Crippen MR) is 119 cm³/mol. The van der Waals surface area contributed by atoms with Crippen molar-refractivity contribution in [3.05, 3.63) is 77.4 Å². The van der Waals surface area contributed by atoms with Crippen LogP contribution in [0, 0.1) is 0 Å². The highest BCUT2D eigenvalue weighted by molar-refractivity contribution is 5.85. The number of aliphatic hydroxyl groups excluding tert-OH is 2.